The highest BCUT2D eigenvalue weighted by Crippen LogP contribution is 2.29. The normalized spacial score (nSPS) is 16.3. The van der Waals surface area contributed by atoms with Crippen molar-refractivity contribution in [3.8, 4) is 0 Å². The van der Waals surface area contributed by atoms with E-state index in [2.05, 4.69) is 22.5 Å². The largest absolute Gasteiger partial charge is 0.478 e. The Morgan fingerprint density at radius 1 is 1.31 bits per heavy atom. The van der Waals surface area contributed by atoms with Crippen molar-refractivity contribution in [2.24, 2.45) is 0 Å². The molecular formula is C20H23N3O3. The molecule has 0 atom stereocenters. The first-order chi connectivity index (χ1) is 12.7. The van der Waals surface area contributed by atoms with E-state index in [1.807, 2.05) is 12.1 Å². The van der Waals surface area contributed by atoms with E-state index in [1.54, 1.807) is 18.4 Å². The van der Waals surface area contributed by atoms with Crippen molar-refractivity contribution >= 4 is 17.0 Å². The van der Waals surface area contributed by atoms with Gasteiger partial charge in [0.25, 0.3) is 0 Å². The summed E-state index contributed by atoms with van der Waals surface area (Å²) in [7, 11) is 0. The number of carboxylic acids is 1. The van der Waals surface area contributed by atoms with Crippen LogP contribution in [0.25, 0.3) is 11.0 Å². The molecule has 0 aliphatic carbocycles. The Morgan fingerprint density at radius 3 is 2.77 bits per heavy atom. The number of nitrogens with zero attached hydrogens (tertiary/aromatic N) is 3. The van der Waals surface area contributed by atoms with Crippen LogP contribution in [0.3, 0.4) is 0 Å². The van der Waals surface area contributed by atoms with Crippen molar-refractivity contribution < 1.29 is 14.3 Å². The fourth-order valence-corrected chi connectivity index (χ4v) is 3.89. The van der Waals surface area contributed by atoms with Crippen LogP contribution in [-0.2, 0) is 13.1 Å². The van der Waals surface area contributed by atoms with Crippen LogP contribution in [-0.4, -0.2) is 38.6 Å². The van der Waals surface area contributed by atoms with Gasteiger partial charge in [-0.15, -0.1) is 0 Å². The first-order valence-electron chi connectivity index (χ1n) is 9.14. The Morgan fingerprint density at radius 2 is 2.12 bits per heavy atom. The highest BCUT2D eigenvalue weighted by atomic mass is 16.4. The van der Waals surface area contributed by atoms with Gasteiger partial charge in [0.15, 0.2) is 0 Å². The van der Waals surface area contributed by atoms with E-state index in [1.165, 1.54) is 0 Å². The predicted octanol–water partition coefficient (Wildman–Crippen LogP) is 3.73. The molecule has 0 spiro atoms. The lowest BCUT2D eigenvalue weighted by atomic mass is 9.94. The molecule has 6 nitrogen and oxygen atoms in total. The summed E-state index contributed by atoms with van der Waals surface area (Å²) in [5, 5.41) is 9.19. The van der Waals surface area contributed by atoms with Crippen LogP contribution in [0.1, 0.15) is 47.6 Å². The molecule has 6 heteroatoms. The van der Waals surface area contributed by atoms with Gasteiger partial charge < -0.3 is 14.1 Å². The number of carbonyl (C=O) groups is 1. The number of aromatic nitrogens is 2. The highest BCUT2D eigenvalue weighted by Gasteiger charge is 2.24. The lowest BCUT2D eigenvalue weighted by molar-refractivity contribution is 0.0697. The number of imidazole rings is 1. The number of benzene rings is 1. The summed E-state index contributed by atoms with van der Waals surface area (Å²) in [5.74, 6) is 1.68. The number of hydrogen-bond donors (Lipinski definition) is 1. The number of fused-ring (bicyclic) bond motifs is 1. The molecule has 1 fully saturated rings. The van der Waals surface area contributed by atoms with E-state index in [0.29, 0.717) is 5.92 Å². The van der Waals surface area contributed by atoms with E-state index in [4.69, 9.17) is 9.40 Å². The zero-order chi connectivity index (χ0) is 18.1. The van der Waals surface area contributed by atoms with Crippen LogP contribution < -0.4 is 0 Å². The van der Waals surface area contributed by atoms with Gasteiger partial charge in [-0.2, -0.15) is 0 Å². The SMILES string of the molecule is CCn1c(CN2CCC(c3ccco3)CC2)nc2cc(C(=O)O)ccc21. The molecule has 1 saturated heterocycles. The second kappa shape index (κ2) is 6.96. The summed E-state index contributed by atoms with van der Waals surface area (Å²) in [5.41, 5.74) is 2.04. The summed E-state index contributed by atoms with van der Waals surface area (Å²) in [6.45, 7) is 5.73. The Balaban J connectivity index is 1.51. The van der Waals surface area contributed by atoms with Gasteiger partial charge in [-0.05, 0) is 63.2 Å². The fourth-order valence-electron chi connectivity index (χ4n) is 3.89. The Kier molecular flexibility index (Phi) is 4.51. The first kappa shape index (κ1) is 16.8. The quantitative estimate of drug-likeness (QED) is 0.757. The van der Waals surface area contributed by atoms with Crippen LogP contribution in [0.5, 0.6) is 0 Å². The minimum Gasteiger partial charge on any atom is -0.478 e. The number of furan rings is 1. The molecule has 1 aromatic carbocycles. The number of carboxylic acid groups (broad SMARTS) is 1. The van der Waals surface area contributed by atoms with Crippen LogP contribution in [0.4, 0.5) is 0 Å². The van der Waals surface area contributed by atoms with Crippen molar-refractivity contribution in [2.45, 2.75) is 38.8 Å². The van der Waals surface area contributed by atoms with Gasteiger partial charge in [0.2, 0.25) is 0 Å². The molecule has 1 N–H and O–H groups in total. The minimum absolute atomic E-state index is 0.282. The zero-order valence-electron chi connectivity index (χ0n) is 14.9. The van der Waals surface area contributed by atoms with Gasteiger partial charge in [-0.1, -0.05) is 0 Å². The van der Waals surface area contributed by atoms with Gasteiger partial charge in [-0.25, -0.2) is 9.78 Å². The maximum Gasteiger partial charge on any atom is 0.335 e. The number of likely N-dealkylation sites (tertiary alicyclic amines) is 1. The number of aromatic carboxylic acids is 1. The Bertz CT molecular complexity index is 906. The molecule has 3 heterocycles. The molecule has 26 heavy (non-hydrogen) atoms. The van der Waals surface area contributed by atoms with E-state index in [-0.39, 0.29) is 5.56 Å². The van der Waals surface area contributed by atoms with Gasteiger partial charge >= 0.3 is 5.97 Å². The van der Waals surface area contributed by atoms with Crippen molar-refractivity contribution in [3.05, 3.63) is 53.7 Å². The van der Waals surface area contributed by atoms with Crippen molar-refractivity contribution in [1.82, 2.24) is 14.5 Å². The summed E-state index contributed by atoms with van der Waals surface area (Å²) in [4.78, 5) is 18.4. The molecular weight excluding hydrogens is 330 g/mol. The molecule has 136 valence electrons. The summed E-state index contributed by atoms with van der Waals surface area (Å²) < 4.78 is 7.73. The van der Waals surface area contributed by atoms with Gasteiger partial charge in [0.1, 0.15) is 11.6 Å². The van der Waals surface area contributed by atoms with E-state index in [0.717, 1.165) is 61.6 Å². The zero-order valence-corrected chi connectivity index (χ0v) is 14.9. The summed E-state index contributed by atoms with van der Waals surface area (Å²) >= 11 is 0. The third-order valence-corrected chi connectivity index (χ3v) is 5.29. The molecule has 0 radical (unpaired) electrons. The number of rotatable bonds is 5. The standard InChI is InChI=1S/C20H23N3O3/c1-2-23-17-6-5-15(20(24)25)12-16(17)21-19(23)13-22-9-7-14(8-10-22)18-4-3-11-26-18/h3-6,11-12,14H,2,7-10,13H2,1H3,(H,24,25). The molecule has 0 unspecified atom stereocenters. The smallest absolute Gasteiger partial charge is 0.335 e. The molecule has 0 amide bonds. The fraction of sp³-hybridized carbons (Fsp3) is 0.400. The van der Waals surface area contributed by atoms with Crippen LogP contribution >= 0.6 is 0 Å². The average Bonchev–Trinajstić information content (AvgIpc) is 3.29. The molecule has 4 rings (SSSR count). The summed E-state index contributed by atoms with van der Waals surface area (Å²) in [6, 6.07) is 9.20. The predicted molar refractivity (Wildman–Crippen MR) is 98.3 cm³/mol. The minimum atomic E-state index is -0.917. The maximum absolute atomic E-state index is 11.2. The van der Waals surface area contributed by atoms with Gasteiger partial charge in [0.05, 0.1) is 29.4 Å². The molecule has 3 aromatic rings. The molecule has 2 aromatic heterocycles. The topological polar surface area (TPSA) is 71.5 Å². The van der Waals surface area contributed by atoms with Gasteiger partial charge in [0, 0.05) is 12.5 Å². The monoisotopic (exact) mass is 353 g/mol. The summed E-state index contributed by atoms with van der Waals surface area (Å²) in [6.07, 6.45) is 3.92. The highest BCUT2D eigenvalue weighted by molar-refractivity contribution is 5.92. The lowest BCUT2D eigenvalue weighted by Gasteiger charge is -2.30. The Labute approximate surface area is 152 Å². The molecule has 0 bridgehead atoms. The number of piperidine rings is 1. The van der Waals surface area contributed by atoms with E-state index in [9.17, 15) is 9.90 Å². The van der Waals surface area contributed by atoms with E-state index < -0.39 is 5.97 Å². The Hall–Kier alpha value is -2.60. The van der Waals surface area contributed by atoms with E-state index >= 15 is 0 Å². The second-order valence-electron chi connectivity index (χ2n) is 6.85. The van der Waals surface area contributed by atoms with Crippen LogP contribution in [0.2, 0.25) is 0 Å². The molecule has 1 aliphatic heterocycles. The van der Waals surface area contributed by atoms with Crippen molar-refractivity contribution in [1.29, 1.82) is 0 Å². The van der Waals surface area contributed by atoms with Crippen LogP contribution in [0.15, 0.2) is 41.0 Å². The first-order valence-corrected chi connectivity index (χ1v) is 9.14. The maximum atomic E-state index is 11.2. The third-order valence-electron chi connectivity index (χ3n) is 5.29. The second-order valence-corrected chi connectivity index (χ2v) is 6.85. The lowest BCUT2D eigenvalue weighted by Crippen LogP contribution is -2.33. The molecule has 1 aliphatic rings. The number of aryl methyl sites for hydroxylation is 1. The third kappa shape index (κ3) is 3.12. The van der Waals surface area contributed by atoms with Gasteiger partial charge in [-0.3, -0.25) is 4.90 Å². The van der Waals surface area contributed by atoms with Crippen molar-refractivity contribution in [3.63, 3.8) is 0 Å². The van der Waals surface area contributed by atoms with Crippen molar-refractivity contribution in [2.75, 3.05) is 13.1 Å². The van der Waals surface area contributed by atoms with Crippen LogP contribution in [0, 0.1) is 0 Å². The molecule has 0 saturated carbocycles. The number of hydrogen-bond acceptors (Lipinski definition) is 4. The average molecular weight is 353 g/mol.